The van der Waals surface area contributed by atoms with Gasteiger partial charge in [-0.3, -0.25) is 4.79 Å². The molecule has 0 saturated carbocycles. The molecule has 0 aromatic heterocycles. The number of carbonyl (C=O) groups excluding carboxylic acids is 1. The molecule has 0 radical (unpaired) electrons. The summed E-state index contributed by atoms with van der Waals surface area (Å²) in [6.45, 7) is 1.58. The summed E-state index contributed by atoms with van der Waals surface area (Å²) in [7, 11) is 1.88. The Bertz CT molecular complexity index is 453. The number of amides is 1. The van der Waals surface area contributed by atoms with E-state index in [1.807, 2.05) is 11.9 Å². The third-order valence-electron chi connectivity index (χ3n) is 3.24. The van der Waals surface area contributed by atoms with Crippen LogP contribution in [-0.4, -0.2) is 37.0 Å². The minimum Gasteiger partial charge on any atom is -0.334 e. The second kappa shape index (κ2) is 5.80. The Morgan fingerprint density at radius 1 is 1.61 bits per heavy atom. The highest BCUT2D eigenvalue weighted by Gasteiger charge is 2.28. The summed E-state index contributed by atoms with van der Waals surface area (Å²) < 4.78 is 13.5. The SMILES string of the molecule is CNC[C@@H]1CCCN1C(=O)c1ccc(F)c(Br)c1. The van der Waals surface area contributed by atoms with Crippen molar-refractivity contribution in [3.63, 3.8) is 0 Å². The molecule has 0 aliphatic carbocycles. The van der Waals surface area contributed by atoms with E-state index in [4.69, 9.17) is 0 Å². The molecule has 1 aliphatic heterocycles. The Morgan fingerprint density at radius 3 is 3.06 bits per heavy atom. The van der Waals surface area contributed by atoms with Gasteiger partial charge < -0.3 is 10.2 Å². The highest BCUT2D eigenvalue weighted by atomic mass is 79.9. The maximum absolute atomic E-state index is 13.2. The minimum atomic E-state index is -0.347. The monoisotopic (exact) mass is 314 g/mol. The van der Waals surface area contributed by atoms with Crippen molar-refractivity contribution in [2.75, 3.05) is 20.1 Å². The van der Waals surface area contributed by atoms with E-state index in [0.29, 0.717) is 10.0 Å². The number of likely N-dealkylation sites (tertiary alicyclic amines) is 1. The molecule has 1 aliphatic rings. The van der Waals surface area contributed by atoms with Crippen LogP contribution in [0.4, 0.5) is 4.39 Å². The van der Waals surface area contributed by atoms with Gasteiger partial charge in [-0.2, -0.15) is 0 Å². The van der Waals surface area contributed by atoms with Crippen LogP contribution >= 0.6 is 15.9 Å². The summed E-state index contributed by atoms with van der Waals surface area (Å²) in [5.41, 5.74) is 0.534. The largest absolute Gasteiger partial charge is 0.334 e. The van der Waals surface area contributed by atoms with Crippen molar-refractivity contribution in [2.45, 2.75) is 18.9 Å². The number of nitrogens with zero attached hydrogens (tertiary/aromatic N) is 1. The second-order valence-corrected chi connectivity index (χ2v) is 5.34. The van der Waals surface area contributed by atoms with Crippen LogP contribution in [0.5, 0.6) is 0 Å². The van der Waals surface area contributed by atoms with Crippen LogP contribution in [0.3, 0.4) is 0 Å². The van der Waals surface area contributed by atoms with Crippen molar-refractivity contribution in [2.24, 2.45) is 0 Å². The first-order chi connectivity index (χ1) is 8.63. The highest BCUT2D eigenvalue weighted by Crippen LogP contribution is 2.22. The van der Waals surface area contributed by atoms with Crippen molar-refractivity contribution < 1.29 is 9.18 Å². The molecular formula is C13H16BrFN2O. The smallest absolute Gasteiger partial charge is 0.254 e. The molecule has 18 heavy (non-hydrogen) atoms. The molecule has 1 atom stereocenters. The van der Waals surface area contributed by atoms with E-state index < -0.39 is 0 Å². The van der Waals surface area contributed by atoms with Crippen LogP contribution < -0.4 is 5.32 Å². The van der Waals surface area contributed by atoms with Crippen molar-refractivity contribution in [3.05, 3.63) is 34.1 Å². The zero-order valence-corrected chi connectivity index (χ0v) is 11.8. The molecule has 2 rings (SSSR count). The minimum absolute atomic E-state index is 0.0200. The molecule has 1 aromatic rings. The fourth-order valence-corrected chi connectivity index (χ4v) is 2.72. The molecule has 0 unspecified atom stereocenters. The zero-order chi connectivity index (χ0) is 13.1. The molecule has 1 amide bonds. The summed E-state index contributed by atoms with van der Waals surface area (Å²) >= 11 is 3.11. The molecular weight excluding hydrogens is 299 g/mol. The van der Waals surface area contributed by atoms with E-state index in [1.165, 1.54) is 12.1 Å². The molecule has 5 heteroatoms. The Hall–Kier alpha value is -0.940. The van der Waals surface area contributed by atoms with Gasteiger partial charge >= 0.3 is 0 Å². The molecule has 1 fully saturated rings. The maximum atomic E-state index is 13.2. The van der Waals surface area contributed by atoms with Crippen molar-refractivity contribution in [3.8, 4) is 0 Å². The van der Waals surface area contributed by atoms with E-state index in [1.54, 1.807) is 6.07 Å². The molecule has 98 valence electrons. The lowest BCUT2D eigenvalue weighted by molar-refractivity contribution is 0.0737. The Kier molecular flexibility index (Phi) is 4.35. The van der Waals surface area contributed by atoms with Gasteiger partial charge in [0.2, 0.25) is 0 Å². The van der Waals surface area contributed by atoms with Crippen molar-refractivity contribution in [1.82, 2.24) is 10.2 Å². The number of carbonyl (C=O) groups is 1. The molecule has 1 heterocycles. The maximum Gasteiger partial charge on any atom is 0.254 e. The number of likely N-dealkylation sites (N-methyl/N-ethyl adjacent to an activating group) is 1. The molecule has 1 saturated heterocycles. The fraction of sp³-hybridized carbons (Fsp3) is 0.462. The molecule has 0 spiro atoms. The van der Waals surface area contributed by atoms with Crippen LogP contribution in [0.1, 0.15) is 23.2 Å². The normalized spacial score (nSPS) is 19.3. The second-order valence-electron chi connectivity index (χ2n) is 4.48. The van der Waals surface area contributed by atoms with E-state index >= 15 is 0 Å². The van der Waals surface area contributed by atoms with E-state index in [2.05, 4.69) is 21.2 Å². The van der Waals surface area contributed by atoms with Gasteiger partial charge in [-0.15, -0.1) is 0 Å². The lowest BCUT2D eigenvalue weighted by Gasteiger charge is -2.24. The zero-order valence-electron chi connectivity index (χ0n) is 10.2. The number of hydrogen-bond acceptors (Lipinski definition) is 2. The topological polar surface area (TPSA) is 32.3 Å². The molecule has 3 nitrogen and oxygen atoms in total. The Balaban J connectivity index is 2.17. The summed E-state index contributed by atoms with van der Waals surface area (Å²) in [6.07, 6.45) is 2.05. The predicted molar refractivity (Wildman–Crippen MR) is 72.1 cm³/mol. The van der Waals surface area contributed by atoms with Crippen LogP contribution in [0.25, 0.3) is 0 Å². The Labute approximate surface area is 114 Å². The first-order valence-electron chi connectivity index (χ1n) is 6.04. The van der Waals surface area contributed by atoms with E-state index in [0.717, 1.165) is 25.9 Å². The van der Waals surface area contributed by atoms with Crippen molar-refractivity contribution >= 4 is 21.8 Å². The average molecular weight is 315 g/mol. The molecule has 0 bridgehead atoms. The van der Waals surface area contributed by atoms with Crippen LogP contribution in [0.15, 0.2) is 22.7 Å². The van der Waals surface area contributed by atoms with E-state index in [9.17, 15) is 9.18 Å². The fourth-order valence-electron chi connectivity index (χ4n) is 2.35. The summed E-state index contributed by atoms with van der Waals surface area (Å²) in [5.74, 6) is -0.367. The van der Waals surface area contributed by atoms with Gasteiger partial charge in [0.25, 0.3) is 5.91 Å². The van der Waals surface area contributed by atoms with E-state index in [-0.39, 0.29) is 17.8 Å². The lowest BCUT2D eigenvalue weighted by Crippen LogP contribution is -2.40. The standard InChI is InChI=1S/C13H16BrFN2O/c1-16-8-10-3-2-6-17(10)13(18)9-4-5-12(15)11(14)7-9/h4-5,7,10,16H,2-3,6,8H2,1H3/t10-/m0/s1. The molecule has 1 aromatic carbocycles. The molecule has 1 N–H and O–H groups in total. The first-order valence-corrected chi connectivity index (χ1v) is 6.83. The number of benzene rings is 1. The first kappa shape index (κ1) is 13.5. The Morgan fingerprint density at radius 2 is 2.39 bits per heavy atom. The van der Waals surface area contributed by atoms with Crippen molar-refractivity contribution in [1.29, 1.82) is 0 Å². The third kappa shape index (κ3) is 2.72. The van der Waals surface area contributed by atoms with Gasteiger partial charge in [0.15, 0.2) is 0 Å². The number of rotatable bonds is 3. The van der Waals surface area contributed by atoms with Gasteiger partial charge in [0.1, 0.15) is 5.82 Å². The lowest BCUT2D eigenvalue weighted by atomic mass is 10.1. The van der Waals surface area contributed by atoms with Gasteiger partial charge in [0.05, 0.1) is 4.47 Å². The number of nitrogens with one attached hydrogen (secondary N) is 1. The summed E-state index contributed by atoms with van der Waals surface area (Å²) in [5, 5.41) is 3.10. The number of halogens is 2. The highest BCUT2D eigenvalue weighted by molar-refractivity contribution is 9.10. The van der Waals surface area contributed by atoms with Gasteiger partial charge in [-0.05, 0) is 54.0 Å². The third-order valence-corrected chi connectivity index (χ3v) is 3.85. The van der Waals surface area contributed by atoms with Gasteiger partial charge in [-0.1, -0.05) is 0 Å². The van der Waals surface area contributed by atoms with Crippen LogP contribution in [-0.2, 0) is 0 Å². The summed E-state index contributed by atoms with van der Waals surface area (Å²) in [6, 6.07) is 4.65. The summed E-state index contributed by atoms with van der Waals surface area (Å²) in [4.78, 5) is 14.2. The van der Waals surface area contributed by atoms with Gasteiger partial charge in [0, 0.05) is 24.7 Å². The quantitative estimate of drug-likeness (QED) is 0.929. The predicted octanol–water partition coefficient (Wildman–Crippen LogP) is 2.41. The van der Waals surface area contributed by atoms with Crippen LogP contribution in [0.2, 0.25) is 0 Å². The van der Waals surface area contributed by atoms with Crippen LogP contribution in [0, 0.1) is 5.82 Å². The average Bonchev–Trinajstić information content (AvgIpc) is 2.80. The number of hydrogen-bond donors (Lipinski definition) is 1. The van der Waals surface area contributed by atoms with Gasteiger partial charge in [-0.25, -0.2) is 4.39 Å².